The molecule has 0 amide bonds. The molecule has 14 heavy (non-hydrogen) atoms. The van der Waals surface area contributed by atoms with Crippen molar-refractivity contribution in [1.29, 1.82) is 0 Å². The topological polar surface area (TPSA) is 53.9 Å². The number of furan rings is 1. The zero-order valence-electron chi connectivity index (χ0n) is 8.03. The lowest BCUT2D eigenvalue weighted by Gasteiger charge is -2.10. The van der Waals surface area contributed by atoms with Crippen molar-refractivity contribution >= 4 is 0 Å². The van der Waals surface area contributed by atoms with E-state index in [2.05, 4.69) is 22.2 Å². The normalized spacial score (nSPS) is 12.9. The van der Waals surface area contributed by atoms with E-state index in [9.17, 15) is 0 Å². The Hall–Kier alpha value is -1.55. The second-order valence-electron chi connectivity index (χ2n) is 3.24. The van der Waals surface area contributed by atoms with Crippen LogP contribution >= 0.6 is 0 Å². The smallest absolute Gasteiger partial charge is 0.0950 e. The van der Waals surface area contributed by atoms with Crippen molar-refractivity contribution in [1.82, 2.24) is 15.3 Å². The third kappa shape index (κ3) is 2.03. The maximum atomic E-state index is 5.01. The van der Waals surface area contributed by atoms with Crippen LogP contribution in [0.15, 0.2) is 35.5 Å². The van der Waals surface area contributed by atoms with Crippen molar-refractivity contribution in [2.24, 2.45) is 0 Å². The summed E-state index contributed by atoms with van der Waals surface area (Å²) in [5, 5.41) is 3.36. The highest BCUT2D eigenvalue weighted by atomic mass is 16.3. The molecule has 1 atom stereocenters. The summed E-state index contributed by atoms with van der Waals surface area (Å²) in [7, 11) is 0. The minimum Gasteiger partial charge on any atom is -0.472 e. The van der Waals surface area contributed by atoms with Gasteiger partial charge >= 0.3 is 0 Å². The molecular formula is C10H13N3O. The van der Waals surface area contributed by atoms with E-state index in [0.717, 1.165) is 17.8 Å². The van der Waals surface area contributed by atoms with Gasteiger partial charge in [0.1, 0.15) is 0 Å². The first-order valence-electron chi connectivity index (χ1n) is 4.59. The van der Waals surface area contributed by atoms with Gasteiger partial charge in [-0.05, 0) is 13.0 Å². The van der Waals surface area contributed by atoms with Crippen LogP contribution in [0.4, 0.5) is 0 Å². The van der Waals surface area contributed by atoms with Crippen LogP contribution in [-0.4, -0.2) is 9.97 Å². The minimum atomic E-state index is 0.289. The Morgan fingerprint density at radius 1 is 1.64 bits per heavy atom. The van der Waals surface area contributed by atoms with E-state index in [4.69, 9.17) is 4.42 Å². The number of nitrogens with zero attached hydrogens (tertiary/aromatic N) is 1. The molecule has 0 saturated heterocycles. The molecule has 0 radical (unpaired) electrons. The zero-order chi connectivity index (χ0) is 9.80. The number of imidazole rings is 1. The Morgan fingerprint density at radius 3 is 3.21 bits per heavy atom. The summed E-state index contributed by atoms with van der Waals surface area (Å²) >= 11 is 0. The van der Waals surface area contributed by atoms with Crippen LogP contribution in [0.1, 0.15) is 24.2 Å². The average Bonchev–Trinajstić information content (AvgIpc) is 2.87. The Labute approximate surface area is 82.4 Å². The van der Waals surface area contributed by atoms with Gasteiger partial charge in [0, 0.05) is 30.0 Å². The van der Waals surface area contributed by atoms with Crippen LogP contribution in [0.3, 0.4) is 0 Å². The summed E-state index contributed by atoms with van der Waals surface area (Å²) in [6.07, 6.45) is 6.93. The summed E-state index contributed by atoms with van der Waals surface area (Å²) in [6, 6.07) is 2.25. The third-order valence-corrected chi connectivity index (χ3v) is 2.20. The molecule has 0 fully saturated rings. The summed E-state index contributed by atoms with van der Waals surface area (Å²) in [6.45, 7) is 2.88. The fraction of sp³-hybridized carbons (Fsp3) is 0.300. The molecule has 2 heterocycles. The highest BCUT2D eigenvalue weighted by Gasteiger charge is 2.05. The van der Waals surface area contributed by atoms with Crippen molar-refractivity contribution in [3.05, 3.63) is 42.4 Å². The molecular weight excluding hydrogens is 178 g/mol. The van der Waals surface area contributed by atoms with Gasteiger partial charge in [0.2, 0.25) is 0 Å². The molecule has 2 rings (SSSR count). The number of aromatic nitrogens is 2. The van der Waals surface area contributed by atoms with E-state index in [0.29, 0.717) is 0 Å². The average molecular weight is 191 g/mol. The predicted octanol–water partition coefficient (Wildman–Crippen LogP) is 1.85. The van der Waals surface area contributed by atoms with Crippen LogP contribution in [-0.2, 0) is 6.54 Å². The summed E-state index contributed by atoms with van der Waals surface area (Å²) in [5.41, 5.74) is 2.24. The van der Waals surface area contributed by atoms with Gasteiger partial charge in [0.05, 0.1) is 18.9 Å². The number of aromatic amines is 1. The van der Waals surface area contributed by atoms with E-state index in [1.807, 2.05) is 12.3 Å². The number of H-pyrrole nitrogens is 1. The molecule has 2 aromatic heterocycles. The molecule has 2 N–H and O–H groups in total. The number of hydrogen-bond acceptors (Lipinski definition) is 3. The maximum absolute atomic E-state index is 5.01. The van der Waals surface area contributed by atoms with E-state index in [1.54, 1.807) is 18.9 Å². The molecule has 0 bridgehead atoms. The number of hydrogen-bond donors (Lipinski definition) is 2. The first-order chi connectivity index (χ1) is 6.86. The molecule has 1 unspecified atom stereocenters. The standard InChI is InChI=1S/C10H13N3O/c1-8(9-2-3-14-6-9)12-5-10-4-11-7-13-10/h2-4,6-8,12H,5H2,1H3,(H,11,13). The minimum absolute atomic E-state index is 0.289. The van der Waals surface area contributed by atoms with Crippen LogP contribution in [0.2, 0.25) is 0 Å². The third-order valence-electron chi connectivity index (χ3n) is 2.20. The lowest BCUT2D eigenvalue weighted by atomic mass is 10.2. The zero-order valence-corrected chi connectivity index (χ0v) is 8.03. The highest BCUT2D eigenvalue weighted by Crippen LogP contribution is 2.12. The quantitative estimate of drug-likeness (QED) is 0.775. The lowest BCUT2D eigenvalue weighted by molar-refractivity contribution is 0.536. The Bertz CT molecular complexity index is 353. The van der Waals surface area contributed by atoms with Gasteiger partial charge in [0.15, 0.2) is 0 Å². The fourth-order valence-electron chi connectivity index (χ4n) is 1.28. The summed E-state index contributed by atoms with van der Waals surface area (Å²) in [5.74, 6) is 0. The molecule has 74 valence electrons. The van der Waals surface area contributed by atoms with Crippen molar-refractivity contribution in [2.75, 3.05) is 0 Å². The first-order valence-corrected chi connectivity index (χ1v) is 4.59. The number of rotatable bonds is 4. The van der Waals surface area contributed by atoms with Gasteiger partial charge in [0.25, 0.3) is 0 Å². The molecule has 2 aromatic rings. The molecule has 4 nitrogen and oxygen atoms in total. The monoisotopic (exact) mass is 191 g/mol. The highest BCUT2D eigenvalue weighted by molar-refractivity contribution is 5.10. The van der Waals surface area contributed by atoms with Crippen LogP contribution in [0.5, 0.6) is 0 Å². The van der Waals surface area contributed by atoms with Crippen molar-refractivity contribution < 1.29 is 4.42 Å². The van der Waals surface area contributed by atoms with Gasteiger partial charge in [-0.25, -0.2) is 4.98 Å². The second-order valence-corrected chi connectivity index (χ2v) is 3.24. The van der Waals surface area contributed by atoms with Gasteiger partial charge in [-0.3, -0.25) is 0 Å². The van der Waals surface area contributed by atoms with Crippen molar-refractivity contribution in [3.8, 4) is 0 Å². The second kappa shape index (κ2) is 4.11. The van der Waals surface area contributed by atoms with Gasteiger partial charge < -0.3 is 14.7 Å². The van der Waals surface area contributed by atoms with E-state index in [-0.39, 0.29) is 6.04 Å². The summed E-state index contributed by atoms with van der Waals surface area (Å²) < 4.78 is 5.01. The molecule has 0 saturated carbocycles. The lowest BCUT2D eigenvalue weighted by Crippen LogP contribution is -2.17. The SMILES string of the molecule is CC(NCc1cnc[nH]1)c1ccoc1. The van der Waals surface area contributed by atoms with E-state index >= 15 is 0 Å². The fourth-order valence-corrected chi connectivity index (χ4v) is 1.28. The maximum Gasteiger partial charge on any atom is 0.0950 e. The van der Waals surface area contributed by atoms with Crippen LogP contribution in [0.25, 0.3) is 0 Å². The number of nitrogens with one attached hydrogen (secondary N) is 2. The Balaban J connectivity index is 1.87. The van der Waals surface area contributed by atoms with Gasteiger partial charge in [-0.2, -0.15) is 0 Å². The first kappa shape index (κ1) is 9.02. The largest absolute Gasteiger partial charge is 0.472 e. The van der Waals surface area contributed by atoms with E-state index < -0.39 is 0 Å². The van der Waals surface area contributed by atoms with Crippen molar-refractivity contribution in [3.63, 3.8) is 0 Å². The molecule has 0 aliphatic carbocycles. The van der Waals surface area contributed by atoms with Gasteiger partial charge in [-0.1, -0.05) is 0 Å². The Kier molecular flexibility index (Phi) is 2.65. The molecule has 0 aliphatic heterocycles. The summed E-state index contributed by atoms with van der Waals surface area (Å²) in [4.78, 5) is 6.99. The van der Waals surface area contributed by atoms with Crippen LogP contribution < -0.4 is 5.32 Å². The van der Waals surface area contributed by atoms with Crippen molar-refractivity contribution in [2.45, 2.75) is 19.5 Å². The van der Waals surface area contributed by atoms with Crippen LogP contribution in [0, 0.1) is 0 Å². The van der Waals surface area contributed by atoms with Gasteiger partial charge in [-0.15, -0.1) is 0 Å². The van der Waals surface area contributed by atoms with E-state index in [1.165, 1.54) is 0 Å². The Morgan fingerprint density at radius 2 is 2.57 bits per heavy atom. The molecule has 0 spiro atoms. The molecule has 0 aliphatic rings. The molecule has 0 aromatic carbocycles. The molecule has 4 heteroatoms. The predicted molar refractivity (Wildman–Crippen MR) is 52.6 cm³/mol.